The van der Waals surface area contributed by atoms with Crippen LogP contribution < -0.4 is 10.1 Å². The van der Waals surface area contributed by atoms with Crippen molar-refractivity contribution in [3.05, 3.63) is 30.1 Å². The van der Waals surface area contributed by atoms with Crippen LogP contribution in [0, 0.1) is 17.7 Å². The highest BCUT2D eigenvalue weighted by atomic mass is 19.1. The van der Waals surface area contributed by atoms with Gasteiger partial charge >= 0.3 is 5.97 Å². The molecule has 0 heterocycles. The molecular weight excluding hydrogens is 313 g/mol. The minimum atomic E-state index is -0.639. The molecule has 1 aliphatic carbocycles. The van der Waals surface area contributed by atoms with Crippen LogP contribution in [0.15, 0.2) is 24.3 Å². The van der Waals surface area contributed by atoms with Crippen molar-refractivity contribution in [2.75, 3.05) is 13.2 Å². The summed E-state index contributed by atoms with van der Waals surface area (Å²) in [6.45, 7) is 3.69. The Morgan fingerprint density at radius 2 is 1.88 bits per heavy atom. The third-order valence-electron chi connectivity index (χ3n) is 4.59. The van der Waals surface area contributed by atoms with Crippen molar-refractivity contribution in [2.24, 2.45) is 11.8 Å². The molecule has 1 aliphatic rings. The Hall–Kier alpha value is -2.11. The first-order valence-electron chi connectivity index (χ1n) is 8.29. The molecule has 6 heteroatoms. The first kappa shape index (κ1) is 18.2. The highest BCUT2D eigenvalue weighted by Gasteiger charge is 2.28. The molecule has 1 amide bonds. The summed E-state index contributed by atoms with van der Waals surface area (Å²) in [7, 11) is 0. The summed E-state index contributed by atoms with van der Waals surface area (Å²) in [6.07, 6.45) is 3.24. The molecule has 0 aromatic heterocycles. The van der Waals surface area contributed by atoms with E-state index in [2.05, 4.69) is 19.2 Å². The molecule has 5 nitrogen and oxygen atoms in total. The summed E-state index contributed by atoms with van der Waals surface area (Å²) in [6, 6.07) is 5.44. The van der Waals surface area contributed by atoms with Gasteiger partial charge in [-0.25, -0.2) is 9.18 Å². The Balaban J connectivity index is 1.67. The van der Waals surface area contributed by atoms with Crippen LogP contribution in [-0.4, -0.2) is 31.1 Å². The molecule has 0 saturated heterocycles. The summed E-state index contributed by atoms with van der Waals surface area (Å²) >= 11 is 0. The van der Waals surface area contributed by atoms with Crippen LogP contribution in [0.25, 0.3) is 0 Å². The third kappa shape index (κ3) is 5.51. The highest BCUT2D eigenvalue weighted by Crippen LogP contribution is 2.29. The maximum absolute atomic E-state index is 12.7. The first-order valence-corrected chi connectivity index (χ1v) is 8.29. The molecule has 1 fully saturated rings. The standard InChI is InChI=1S/C18H24FNO4/c1-12-4-3-5-16(13(12)2)20-17(21)10-24-18(22)11-23-15-8-6-14(19)7-9-15/h6-9,12-13,16H,3-5,10-11H2,1-2H3,(H,20,21)/t12-,13+,16+/m0/s1. The normalized spacial score (nSPS) is 23.4. The lowest BCUT2D eigenvalue weighted by Gasteiger charge is -2.34. The molecule has 1 N–H and O–H groups in total. The van der Waals surface area contributed by atoms with Gasteiger partial charge < -0.3 is 14.8 Å². The van der Waals surface area contributed by atoms with Crippen molar-refractivity contribution in [3.8, 4) is 5.75 Å². The number of ether oxygens (including phenoxy) is 2. The Labute approximate surface area is 141 Å². The van der Waals surface area contributed by atoms with E-state index in [4.69, 9.17) is 9.47 Å². The summed E-state index contributed by atoms with van der Waals surface area (Å²) in [5.74, 6) is 0.0437. The predicted octanol–water partition coefficient (Wildman–Crippen LogP) is 2.69. The number of nitrogens with one attached hydrogen (secondary N) is 1. The Morgan fingerprint density at radius 3 is 2.58 bits per heavy atom. The number of hydrogen-bond donors (Lipinski definition) is 1. The fraction of sp³-hybridized carbons (Fsp3) is 0.556. The number of rotatable bonds is 6. The van der Waals surface area contributed by atoms with Crippen LogP contribution in [0.2, 0.25) is 0 Å². The van der Waals surface area contributed by atoms with E-state index >= 15 is 0 Å². The summed E-state index contributed by atoms with van der Waals surface area (Å²) in [4.78, 5) is 23.5. The molecule has 1 aromatic carbocycles. The smallest absolute Gasteiger partial charge is 0.344 e. The SMILES string of the molecule is C[C@@H]1[C@@H](C)CCC[C@H]1NC(=O)COC(=O)COc1ccc(F)cc1. The number of carbonyl (C=O) groups is 2. The van der Waals surface area contributed by atoms with E-state index in [9.17, 15) is 14.0 Å². The summed E-state index contributed by atoms with van der Waals surface area (Å²) in [5.41, 5.74) is 0. The number of carbonyl (C=O) groups excluding carboxylic acids is 2. The number of benzene rings is 1. The quantitative estimate of drug-likeness (QED) is 0.811. The molecule has 0 unspecified atom stereocenters. The van der Waals surface area contributed by atoms with E-state index in [0.29, 0.717) is 17.6 Å². The lowest BCUT2D eigenvalue weighted by atomic mass is 9.78. The minimum Gasteiger partial charge on any atom is -0.482 e. The zero-order valence-electron chi connectivity index (χ0n) is 14.1. The molecule has 2 rings (SSSR count). The van der Waals surface area contributed by atoms with Crippen molar-refractivity contribution in [1.29, 1.82) is 0 Å². The largest absolute Gasteiger partial charge is 0.482 e. The molecule has 24 heavy (non-hydrogen) atoms. The topological polar surface area (TPSA) is 64.6 Å². The first-order chi connectivity index (χ1) is 11.5. The van der Waals surface area contributed by atoms with Crippen LogP contribution >= 0.6 is 0 Å². The molecular formula is C18H24FNO4. The second-order valence-corrected chi connectivity index (χ2v) is 6.34. The lowest BCUT2D eigenvalue weighted by Crippen LogP contribution is -2.45. The maximum atomic E-state index is 12.7. The van der Waals surface area contributed by atoms with Crippen molar-refractivity contribution in [2.45, 2.75) is 39.2 Å². The zero-order chi connectivity index (χ0) is 17.5. The van der Waals surface area contributed by atoms with Gasteiger partial charge in [-0.3, -0.25) is 4.79 Å². The van der Waals surface area contributed by atoms with Gasteiger partial charge in [-0.15, -0.1) is 0 Å². The molecule has 0 aliphatic heterocycles. The zero-order valence-corrected chi connectivity index (χ0v) is 14.1. The van der Waals surface area contributed by atoms with Gasteiger partial charge in [0, 0.05) is 6.04 Å². The predicted molar refractivity (Wildman–Crippen MR) is 87.0 cm³/mol. The van der Waals surface area contributed by atoms with Crippen LogP contribution in [0.4, 0.5) is 4.39 Å². The van der Waals surface area contributed by atoms with Crippen molar-refractivity contribution >= 4 is 11.9 Å². The highest BCUT2D eigenvalue weighted by molar-refractivity contribution is 5.81. The Bertz CT molecular complexity index is 561. The average Bonchev–Trinajstić information content (AvgIpc) is 2.56. The van der Waals surface area contributed by atoms with E-state index in [-0.39, 0.29) is 31.0 Å². The summed E-state index contributed by atoms with van der Waals surface area (Å²) < 4.78 is 22.8. The van der Waals surface area contributed by atoms with Gasteiger partial charge in [-0.1, -0.05) is 26.7 Å². The molecule has 1 saturated carbocycles. The van der Waals surface area contributed by atoms with Crippen molar-refractivity contribution < 1.29 is 23.5 Å². The van der Waals surface area contributed by atoms with Gasteiger partial charge in [0.25, 0.3) is 5.91 Å². The van der Waals surface area contributed by atoms with Crippen LogP contribution in [0.3, 0.4) is 0 Å². The number of amides is 1. The molecule has 0 bridgehead atoms. The fourth-order valence-corrected chi connectivity index (χ4v) is 2.89. The van der Waals surface area contributed by atoms with E-state index < -0.39 is 5.97 Å². The van der Waals surface area contributed by atoms with Gasteiger partial charge in [-0.2, -0.15) is 0 Å². The Morgan fingerprint density at radius 1 is 1.17 bits per heavy atom. The molecule has 0 radical (unpaired) electrons. The number of esters is 1. The second-order valence-electron chi connectivity index (χ2n) is 6.34. The van der Waals surface area contributed by atoms with Crippen molar-refractivity contribution in [3.63, 3.8) is 0 Å². The van der Waals surface area contributed by atoms with Gasteiger partial charge in [0.2, 0.25) is 0 Å². The number of halogens is 1. The Kier molecular flexibility index (Phi) is 6.58. The second kappa shape index (κ2) is 8.66. The fourth-order valence-electron chi connectivity index (χ4n) is 2.89. The minimum absolute atomic E-state index is 0.135. The van der Waals surface area contributed by atoms with Gasteiger partial charge in [0.05, 0.1) is 0 Å². The van der Waals surface area contributed by atoms with Crippen LogP contribution in [0.1, 0.15) is 33.1 Å². The molecule has 1 aromatic rings. The van der Waals surface area contributed by atoms with E-state index in [1.165, 1.54) is 30.7 Å². The third-order valence-corrected chi connectivity index (χ3v) is 4.59. The van der Waals surface area contributed by atoms with Gasteiger partial charge in [0.1, 0.15) is 11.6 Å². The van der Waals surface area contributed by atoms with Crippen molar-refractivity contribution in [1.82, 2.24) is 5.32 Å². The molecule has 0 spiro atoms. The molecule has 132 valence electrons. The van der Waals surface area contributed by atoms with Gasteiger partial charge in [0.15, 0.2) is 13.2 Å². The van der Waals surface area contributed by atoms with E-state index in [1.54, 1.807) is 0 Å². The average molecular weight is 337 g/mol. The maximum Gasteiger partial charge on any atom is 0.344 e. The summed E-state index contributed by atoms with van der Waals surface area (Å²) in [5, 5.41) is 2.94. The monoisotopic (exact) mass is 337 g/mol. The van der Waals surface area contributed by atoms with E-state index in [0.717, 1.165) is 12.8 Å². The van der Waals surface area contributed by atoms with Gasteiger partial charge in [-0.05, 0) is 42.5 Å². The number of hydrogen-bond acceptors (Lipinski definition) is 4. The van der Waals surface area contributed by atoms with Crippen LogP contribution in [0.5, 0.6) is 5.75 Å². The molecule has 3 atom stereocenters. The van der Waals surface area contributed by atoms with Crippen LogP contribution in [-0.2, 0) is 14.3 Å². The lowest BCUT2D eigenvalue weighted by molar-refractivity contribution is -0.150. The van der Waals surface area contributed by atoms with E-state index in [1.807, 2.05) is 0 Å².